The van der Waals surface area contributed by atoms with Gasteiger partial charge in [-0.1, -0.05) is 109 Å². The molecule has 0 aromatic rings. The van der Waals surface area contributed by atoms with Crippen molar-refractivity contribution in [1.82, 2.24) is 5.32 Å². The van der Waals surface area contributed by atoms with Crippen LogP contribution in [0.5, 0.6) is 0 Å². The predicted octanol–water partition coefficient (Wildman–Crippen LogP) is 7.78. The molecule has 0 spiro atoms. The Kier molecular flexibility index (Phi) is 9.89. The van der Waals surface area contributed by atoms with E-state index in [4.69, 9.17) is 0 Å². The molecule has 3 aliphatic rings. The highest BCUT2D eigenvalue weighted by atomic mass is 14.9. The lowest BCUT2D eigenvalue weighted by molar-refractivity contribution is 0.232. The molecular formula is C25H47N. The second-order valence-corrected chi connectivity index (χ2v) is 9.99. The Hall–Kier alpha value is -0.0400. The van der Waals surface area contributed by atoms with Crippen molar-refractivity contribution in [2.45, 2.75) is 147 Å². The summed E-state index contributed by atoms with van der Waals surface area (Å²) in [6.45, 7) is 0. The summed E-state index contributed by atoms with van der Waals surface area (Å²) in [5.74, 6) is 2.14. The molecule has 2 atom stereocenters. The van der Waals surface area contributed by atoms with Gasteiger partial charge in [-0.2, -0.15) is 0 Å². The Morgan fingerprint density at radius 2 is 0.615 bits per heavy atom. The predicted molar refractivity (Wildman–Crippen MR) is 115 cm³/mol. The zero-order chi connectivity index (χ0) is 17.9. The highest BCUT2D eigenvalue weighted by Gasteiger charge is 2.24. The minimum atomic E-state index is 0.829. The molecule has 0 aromatic carbocycles. The summed E-state index contributed by atoms with van der Waals surface area (Å²) in [7, 11) is 0. The van der Waals surface area contributed by atoms with Gasteiger partial charge in [0.25, 0.3) is 0 Å². The molecule has 3 saturated carbocycles. The van der Waals surface area contributed by atoms with E-state index in [0.717, 1.165) is 23.9 Å². The molecule has 3 fully saturated rings. The normalized spacial score (nSPS) is 32.3. The molecule has 0 saturated heterocycles. The van der Waals surface area contributed by atoms with E-state index in [1.54, 1.807) is 19.3 Å². The Morgan fingerprint density at radius 1 is 0.308 bits per heavy atom. The first-order valence-corrected chi connectivity index (χ1v) is 12.7. The zero-order valence-electron chi connectivity index (χ0n) is 17.7. The van der Waals surface area contributed by atoms with Crippen molar-refractivity contribution in [2.24, 2.45) is 11.8 Å². The molecule has 0 amide bonds. The monoisotopic (exact) mass is 361 g/mol. The lowest BCUT2D eigenvalue weighted by Crippen LogP contribution is -2.38. The maximum atomic E-state index is 4.13. The van der Waals surface area contributed by atoms with E-state index in [1.165, 1.54) is 116 Å². The fraction of sp³-hybridized carbons (Fsp3) is 1.00. The van der Waals surface area contributed by atoms with Gasteiger partial charge in [0.15, 0.2) is 0 Å². The van der Waals surface area contributed by atoms with Crippen molar-refractivity contribution in [3.8, 4) is 0 Å². The van der Waals surface area contributed by atoms with Gasteiger partial charge in [0, 0.05) is 12.1 Å². The summed E-state index contributed by atoms with van der Waals surface area (Å²) >= 11 is 0. The zero-order valence-corrected chi connectivity index (χ0v) is 17.7. The fourth-order valence-corrected chi connectivity index (χ4v) is 6.27. The first kappa shape index (κ1) is 20.7. The molecule has 0 aromatic heterocycles. The third-order valence-corrected chi connectivity index (χ3v) is 7.90. The molecule has 0 bridgehead atoms. The molecular weight excluding hydrogens is 314 g/mol. The van der Waals surface area contributed by atoms with Crippen LogP contribution in [0.1, 0.15) is 135 Å². The Bertz CT molecular complexity index is 336. The average molecular weight is 362 g/mol. The van der Waals surface area contributed by atoms with Gasteiger partial charge in [-0.15, -0.1) is 0 Å². The molecule has 1 heteroatoms. The van der Waals surface area contributed by atoms with Crippen LogP contribution in [0.15, 0.2) is 0 Å². The highest BCUT2D eigenvalue weighted by molar-refractivity contribution is 4.80. The van der Waals surface area contributed by atoms with Crippen LogP contribution in [0.2, 0.25) is 0 Å². The van der Waals surface area contributed by atoms with Crippen LogP contribution in [-0.2, 0) is 0 Å². The SMILES string of the molecule is C1CCCC(NC2CCCCC(C3CCCCCCC3)CCC2)CCC1. The summed E-state index contributed by atoms with van der Waals surface area (Å²) in [5.41, 5.74) is 0. The van der Waals surface area contributed by atoms with E-state index >= 15 is 0 Å². The van der Waals surface area contributed by atoms with Crippen LogP contribution in [0.25, 0.3) is 0 Å². The summed E-state index contributed by atoms with van der Waals surface area (Å²) in [4.78, 5) is 0. The van der Waals surface area contributed by atoms with Gasteiger partial charge in [-0.05, 0) is 37.5 Å². The van der Waals surface area contributed by atoms with Gasteiger partial charge in [0.05, 0.1) is 0 Å². The van der Waals surface area contributed by atoms with Crippen LogP contribution in [0.3, 0.4) is 0 Å². The summed E-state index contributed by atoms with van der Waals surface area (Å²) in [6, 6.07) is 1.66. The van der Waals surface area contributed by atoms with Gasteiger partial charge in [-0.25, -0.2) is 0 Å². The quantitative estimate of drug-likeness (QED) is 0.541. The largest absolute Gasteiger partial charge is 0.311 e. The highest BCUT2D eigenvalue weighted by Crippen LogP contribution is 2.35. The van der Waals surface area contributed by atoms with E-state index in [-0.39, 0.29) is 0 Å². The lowest BCUT2D eigenvalue weighted by atomic mass is 9.77. The smallest absolute Gasteiger partial charge is 0.00696 e. The standard InChI is InChI=1S/C25H47N/c1-3-7-14-22(15-8-4-1)23-16-11-12-20-25(21-13-17-23)26-24-18-9-5-2-6-10-19-24/h22-26H,1-21H2. The van der Waals surface area contributed by atoms with Crippen molar-refractivity contribution in [2.75, 3.05) is 0 Å². The number of rotatable bonds is 3. The van der Waals surface area contributed by atoms with Gasteiger partial charge >= 0.3 is 0 Å². The minimum Gasteiger partial charge on any atom is -0.311 e. The minimum absolute atomic E-state index is 0.829. The second kappa shape index (κ2) is 12.4. The van der Waals surface area contributed by atoms with E-state index in [0.29, 0.717) is 0 Å². The van der Waals surface area contributed by atoms with Crippen LogP contribution >= 0.6 is 0 Å². The molecule has 3 rings (SSSR count). The molecule has 1 N–H and O–H groups in total. The molecule has 0 radical (unpaired) electrons. The summed E-state index contributed by atoms with van der Waals surface area (Å²) in [6.07, 6.45) is 31.4. The van der Waals surface area contributed by atoms with Crippen molar-refractivity contribution >= 4 is 0 Å². The summed E-state index contributed by atoms with van der Waals surface area (Å²) < 4.78 is 0. The fourth-order valence-electron chi connectivity index (χ4n) is 6.27. The third kappa shape index (κ3) is 7.53. The van der Waals surface area contributed by atoms with Gasteiger partial charge < -0.3 is 5.32 Å². The maximum Gasteiger partial charge on any atom is 0.00696 e. The van der Waals surface area contributed by atoms with Crippen molar-refractivity contribution in [3.63, 3.8) is 0 Å². The first-order valence-electron chi connectivity index (χ1n) is 12.7. The molecule has 0 heterocycles. The van der Waals surface area contributed by atoms with Crippen molar-refractivity contribution in [1.29, 1.82) is 0 Å². The van der Waals surface area contributed by atoms with Crippen LogP contribution in [0, 0.1) is 11.8 Å². The topological polar surface area (TPSA) is 12.0 Å². The molecule has 0 aliphatic heterocycles. The van der Waals surface area contributed by atoms with Crippen molar-refractivity contribution < 1.29 is 0 Å². The van der Waals surface area contributed by atoms with Crippen LogP contribution in [0.4, 0.5) is 0 Å². The maximum absolute atomic E-state index is 4.13. The average Bonchev–Trinajstić information content (AvgIpc) is 2.69. The first-order chi connectivity index (χ1) is 12.9. The molecule has 2 unspecified atom stereocenters. The number of hydrogen-bond donors (Lipinski definition) is 1. The van der Waals surface area contributed by atoms with E-state index in [1.807, 2.05) is 0 Å². The Labute approximate surface area is 164 Å². The lowest BCUT2D eigenvalue weighted by Gasteiger charge is -2.29. The molecule has 152 valence electrons. The Balaban J connectivity index is 1.44. The van der Waals surface area contributed by atoms with Gasteiger partial charge in [0.1, 0.15) is 0 Å². The van der Waals surface area contributed by atoms with Crippen LogP contribution in [-0.4, -0.2) is 12.1 Å². The van der Waals surface area contributed by atoms with Gasteiger partial charge in [0.2, 0.25) is 0 Å². The molecule has 1 nitrogen and oxygen atoms in total. The van der Waals surface area contributed by atoms with E-state index in [9.17, 15) is 0 Å². The van der Waals surface area contributed by atoms with E-state index < -0.39 is 0 Å². The van der Waals surface area contributed by atoms with Crippen LogP contribution < -0.4 is 5.32 Å². The molecule has 26 heavy (non-hydrogen) atoms. The number of nitrogens with one attached hydrogen (secondary N) is 1. The molecule has 3 aliphatic carbocycles. The van der Waals surface area contributed by atoms with E-state index in [2.05, 4.69) is 5.32 Å². The Morgan fingerprint density at radius 3 is 1.15 bits per heavy atom. The summed E-state index contributed by atoms with van der Waals surface area (Å²) in [5, 5.41) is 4.13. The second-order valence-electron chi connectivity index (χ2n) is 9.99. The number of hydrogen-bond acceptors (Lipinski definition) is 1. The third-order valence-electron chi connectivity index (χ3n) is 7.90. The van der Waals surface area contributed by atoms with Gasteiger partial charge in [-0.3, -0.25) is 0 Å². The van der Waals surface area contributed by atoms with Crippen molar-refractivity contribution in [3.05, 3.63) is 0 Å².